The average molecular weight is 339 g/mol. The number of carbonyl (C=O) groups is 2. The molecule has 2 fully saturated rings. The van der Waals surface area contributed by atoms with Crippen LogP contribution >= 0.6 is 0 Å². The zero-order valence-corrected chi connectivity index (χ0v) is 14.4. The summed E-state index contributed by atoms with van der Waals surface area (Å²) >= 11 is 0. The summed E-state index contributed by atoms with van der Waals surface area (Å²) < 4.78 is 5.05. The van der Waals surface area contributed by atoms with E-state index >= 15 is 0 Å². The van der Waals surface area contributed by atoms with Crippen molar-refractivity contribution in [3.8, 4) is 0 Å². The molecule has 0 spiro atoms. The van der Waals surface area contributed by atoms with E-state index < -0.39 is 0 Å². The van der Waals surface area contributed by atoms with Crippen molar-refractivity contribution < 1.29 is 14.1 Å². The van der Waals surface area contributed by atoms with Crippen LogP contribution in [0.15, 0.2) is 34.9 Å². The second-order valence-electron chi connectivity index (χ2n) is 6.94. The number of aryl methyl sites for hydroxylation is 2. The molecule has 130 valence electrons. The highest BCUT2D eigenvalue weighted by molar-refractivity contribution is 5.96. The van der Waals surface area contributed by atoms with E-state index in [2.05, 4.69) is 22.6 Å². The third-order valence-corrected chi connectivity index (χ3v) is 5.14. The molecule has 3 atom stereocenters. The molecule has 1 saturated carbocycles. The van der Waals surface area contributed by atoms with Crippen LogP contribution in [0.25, 0.3) is 0 Å². The molecule has 2 heterocycles. The van der Waals surface area contributed by atoms with E-state index in [0.717, 1.165) is 6.42 Å². The summed E-state index contributed by atoms with van der Waals surface area (Å²) in [6, 6.07) is 10.4. The van der Waals surface area contributed by atoms with Crippen molar-refractivity contribution in [1.82, 2.24) is 15.4 Å². The van der Waals surface area contributed by atoms with E-state index in [1.165, 1.54) is 5.56 Å². The van der Waals surface area contributed by atoms with Crippen LogP contribution in [0.1, 0.15) is 46.1 Å². The number of likely N-dealkylation sites (tertiary alicyclic amines) is 1. The Morgan fingerprint density at radius 1 is 1.28 bits per heavy atom. The molecule has 0 radical (unpaired) electrons. The third-order valence-electron chi connectivity index (χ3n) is 5.14. The molecule has 6 nitrogen and oxygen atoms in total. The fourth-order valence-corrected chi connectivity index (χ4v) is 3.80. The van der Waals surface area contributed by atoms with Crippen LogP contribution in [0.5, 0.6) is 0 Å². The molecule has 1 aliphatic carbocycles. The van der Waals surface area contributed by atoms with Crippen molar-refractivity contribution in [3.63, 3.8) is 0 Å². The van der Waals surface area contributed by atoms with Gasteiger partial charge in [-0.25, -0.2) is 0 Å². The molecular formula is C19H21N3O3. The van der Waals surface area contributed by atoms with Gasteiger partial charge in [0.25, 0.3) is 5.91 Å². The first-order valence-corrected chi connectivity index (χ1v) is 8.62. The van der Waals surface area contributed by atoms with E-state index in [-0.39, 0.29) is 23.9 Å². The summed E-state index contributed by atoms with van der Waals surface area (Å²) in [6.07, 6.45) is 1.35. The maximum absolute atomic E-state index is 12.4. The minimum Gasteiger partial charge on any atom is -0.361 e. The van der Waals surface area contributed by atoms with Gasteiger partial charge in [0.2, 0.25) is 5.91 Å². The van der Waals surface area contributed by atoms with Gasteiger partial charge in [-0.1, -0.05) is 35.5 Å². The van der Waals surface area contributed by atoms with Gasteiger partial charge in [0.15, 0.2) is 0 Å². The summed E-state index contributed by atoms with van der Waals surface area (Å²) in [5.74, 6) is 0.823. The number of hydrogen-bond donors (Lipinski definition) is 1. The van der Waals surface area contributed by atoms with Gasteiger partial charge >= 0.3 is 0 Å². The molecule has 2 amide bonds. The number of aromatic nitrogens is 1. The number of hydrogen-bond acceptors (Lipinski definition) is 4. The minimum atomic E-state index is -0.216. The van der Waals surface area contributed by atoms with Crippen LogP contribution in [0.2, 0.25) is 0 Å². The Labute approximate surface area is 146 Å². The zero-order chi connectivity index (χ0) is 17.6. The second-order valence-corrected chi connectivity index (χ2v) is 6.94. The topological polar surface area (TPSA) is 75.4 Å². The fourth-order valence-electron chi connectivity index (χ4n) is 3.80. The van der Waals surface area contributed by atoms with Crippen molar-refractivity contribution in [2.45, 2.75) is 44.7 Å². The number of nitrogens with one attached hydrogen (secondary N) is 1. The van der Waals surface area contributed by atoms with E-state index in [9.17, 15) is 9.59 Å². The molecule has 0 bridgehead atoms. The van der Waals surface area contributed by atoms with Gasteiger partial charge in [-0.2, -0.15) is 0 Å². The lowest BCUT2D eigenvalue weighted by Crippen LogP contribution is -2.38. The molecule has 1 aliphatic heterocycles. The standard InChI is InChI=1S/C19H21N3O3/c1-11-18(12(2)25-21-11)19(24)20-14-8-17(23)22(10-14)16-9-15(16)13-6-4-3-5-7-13/h3-7,14-16H,8-10H2,1-2H3,(H,20,24). The lowest BCUT2D eigenvalue weighted by atomic mass is 10.1. The Kier molecular flexibility index (Phi) is 3.82. The molecule has 1 saturated heterocycles. The smallest absolute Gasteiger partial charge is 0.257 e. The van der Waals surface area contributed by atoms with Gasteiger partial charge in [-0.3, -0.25) is 9.59 Å². The van der Waals surface area contributed by atoms with Crippen molar-refractivity contribution in [2.75, 3.05) is 6.54 Å². The van der Waals surface area contributed by atoms with Gasteiger partial charge in [-0.15, -0.1) is 0 Å². The van der Waals surface area contributed by atoms with E-state index in [1.54, 1.807) is 13.8 Å². The molecule has 1 aromatic carbocycles. The third kappa shape index (κ3) is 2.92. The number of nitrogens with zero attached hydrogens (tertiary/aromatic N) is 2. The molecule has 25 heavy (non-hydrogen) atoms. The highest BCUT2D eigenvalue weighted by atomic mass is 16.5. The maximum atomic E-state index is 12.4. The number of amides is 2. The predicted molar refractivity (Wildman–Crippen MR) is 91.1 cm³/mol. The summed E-state index contributed by atoms with van der Waals surface area (Å²) in [4.78, 5) is 26.8. The molecular weight excluding hydrogens is 318 g/mol. The quantitative estimate of drug-likeness (QED) is 0.926. The van der Waals surface area contributed by atoms with Crippen LogP contribution < -0.4 is 5.32 Å². The predicted octanol–water partition coefficient (Wildman–Crippen LogP) is 2.18. The lowest BCUT2D eigenvalue weighted by molar-refractivity contribution is -0.128. The number of carbonyl (C=O) groups excluding carboxylic acids is 2. The molecule has 1 aromatic heterocycles. The van der Waals surface area contributed by atoms with Crippen LogP contribution in [-0.4, -0.2) is 40.5 Å². The average Bonchev–Trinajstić information content (AvgIpc) is 3.20. The van der Waals surface area contributed by atoms with Crippen LogP contribution in [0.4, 0.5) is 0 Å². The summed E-state index contributed by atoms with van der Waals surface area (Å²) in [6.45, 7) is 4.03. The molecule has 3 unspecified atom stereocenters. The van der Waals surface area contributed by atoms with Crippen molar-refractivity contribution >= 4 is 11.8 Å². The first-order chi connectivity index (χ1) is 12.0. The largest absolute Gasteiger partial charge is 0.361 e. The molecule has 1 N–H and O–H groups in total. The van der Waals surface area contributed by atoms with Gasteiger partial charge in [0.05, 0.1) is 11.7 Å². The lowest BCUT2D eigenvalue weighted by Gasteiger charge is -2.17. The fraction of sp³-hybridized carbons (Fsp3) is 0.421. The Hall–Kier alpha value is -2.63. The number of benzene rings is 1. The van der Waals surface area contributed by atoms with Crippen molar-refractivity contribution in [3.05, 3.63) is 52.9 Å². The van der Waals surface area contributed by atoms with E-state index in [4.69, 9.17) is 4.52 Å². The normalized spacial score (nSPS) is 25.3. The van der Waals surface area contributed by atoms with Crippen LogP contribution in [-0.2, 0) is 4.79 Å². The zero-order valence-electron chi connectivity index (χ0n) is 14.4. The summed E-state index contributed by atoms with van der Waals surface area (Å²) in [7, 11) is 0. The Morgan fingerprint density at radius 2 is 2.04 bits per heavy atom. The van der Waals surface area contributed by atoms with E-state index in [1.807, 2.05) is 23.1 Å². The van der Waals surface area contributed by atoms with Crippen LogP contribution in [0, 0.1) is 13.8 Å². The van der Waals surface area contributed by atoms with Crippen molar-refractivity contribution in [2.24, 2.45) is 0 Å². The SMILES string of the molecule is Cc1noc(C)c1C(=O)NC1CC(=O)N(C2CC2c2ccccc2)C1. The Morgan fingerprint density at radius 3 is 2.72 bits per heavy atom. The summed E-state index contributed by atoms with van der Waals surface area (Å²) in [5.41, 5.74) is 2.32. The Bertz CT molecular complexity index is 795. The second kappa shape index (κ2) is 6.02. The monoisotopic (exact) mass is 339 g/mol. The number of rotatable bonds is 4. The van der Waals surface area contributed by atoms with Gasteiger partial charge in [0, 0.05) is 24.9 Å². The van der Waals surface area contributed by atoms with Crippen molar-refractivity contribution in [1.29, 1.82) is 0 Å². The first kappa shape index (κ1) is 15.9. The molecule has 6 heteroatoms. The molecule has 2 aromatic rings. The minimum absolute atomic E-state index is 0.118. The highest BCUT2D eigenvalue weighted by Gasteiger charge is 2.48. The van der Waals surface area contributed by atoms with Gasteiger partial charge < -0.3 is 14.7 Å². The van der Waals surface area contributed by atoms with Gasteiger partial charge in [0.1, 0.15) is 11.3 Å². The van der Waals surface area contributed by atoms with Crippen LogP contribution in [0.3, 0.4) is 0 Å². The summed E-state index contributed by atoms with van der Waals surface area (Å²) in [5, 5.41) is 6.77. The maximum Gasteiger partial charge on any atom is 0.257 e. The Balaban J connectivity index is 1.39. The molecule has 2 aliphatic rings. The van der Waals surface area contributed by atoms with E-state index in [0.29, 0.717) is 35.9 Å². The first-order valence-electron chi connectivity index (χ1n) is 8.62. The van der Waals surface area contributed by atoms with Gasteiger partial charge in [-0.05, 0) is 25.8 Å². The highest BCUT2D eigenvalue weighted by Crippen LogP contribution is 2.45. The molecule has 4 rings (SSSR count).